The van der Waals surface area contributed by atoms with Crippen molar-refractivity contribution in [3.63, 3.8) is 0 Å². The van der Waals surface area contributed by atoms with E-state index < -0.39 is 28.5 Å². The van der Waals surface area contributed by atoms with Gasteiger partial charge in [0.05, 0.1) is 17.2 Å². The van der Waals surface area contributed by atoms with Crippen LogP contribution in [0, 0.1) is 0 Å². The van der Waals surface area contributed by atoms with E-state index in [9.17, 15) is 18.0 Å². The molecule has 248 valence electrons. The van der Waals surface area contributed by atoms with Gasteiger partial charge in [0, 0.05) is 28.9 Å². The highest BCUT2D eigenvalue weighted by Gasteiger charge is 2.35. The van der Waals surface area contributed by atoms with Crippen molar-refractivity contribution >= 4 is 55.2 Å². The molecule has 4 aromatic rings. The molecule has 0 aliphatic rings. The molecule has 0 aromatic heterocycles. The molecule has 1 N–H and O–H groups in total. The van der Waals surface area contributed by atoms with Crippen LogP contribution >= 0.6 is 27.7 Å². The number of benzene rings is 4. The SMILES string of the molecule is CCCNC(=O)[C@@H](Cc1ccccc1)N(Cc1cccc(Br)c1)C(=O)CN(c1ccccc1OCC)S(=O)(=O)c1ccc(SC)cc1. The number of para-hydroxylation sites is 2. The standard InChI is InChI=1S/C36H40BrN3O5S2/c1-4-22-38-36(42)33(24-27-12-7-6-8-13-27)39(25-28-14-11-15-29(37)23-28)35(41)26-40(32-16-9-10-17-34(32)45-5-2)47(43,44)31-20-18-30(46-3)19-21-31/h6-21,23,33H,4-5,22,24-26H2,1-3H3,(H,38,42)/t33-/m1/s1. The Hall–Kier alpha value is -3.80. The fourth-order valence-electron chi connectivity index (χ4n) is 5.08. The minimum absolute atomic E-state index is 0.0365. The van der Waals surface area contributed by atoms with Gasteiger partial charge in [-0.05, 0) is 79.3 Å². The molecule has 4 aromatic carbocycles. The van der Waals surface area contributed by atoms with Crippen molar-refractivity contribution in [2.45, 2.75) is 49.1 Å². The molecule has 0 unspecified atom stereocenters. The Balaban J connectivity index is 1.83. The van der Waals surface area contributed by atoms with E-state index >= 15 is 0 Å². The molecular weight excluding hydrogens is 698 g/mol. The van der Waals surface area contributed by atoms with Gasteiger partial charge >= 0.3 is 0 Å². The summed E-state index contributed by atoms with van der Waals surface area (Å²) in [5.74, 6) is -0.517. The van der Waals surface area contributed by atoms with Crippen molar-refractivity contribution in [2.75, 3.05) is 30.3 Å². The zero-order valence-corrected chi connectivity index (χ0v) is 30.0. The summed E-state index contributed by atoms with van der Waals surface area (Å²) in [6.07, 6.45) is 2.88. The quantitative estimate of drug-likeness (QED) is 0.125. The third kappa shape index (κ3) is 9.62. The number of carbonyl (C=O) groups is 2. The summed E-state index contributed by atoms with van der Waals surface area (Å²) < 4.78 is 36.5. The molecule has 0 spiro atoms. The number of rotatable bonds is 16. The highest BCUT2D eigenvalue weighted by molar-refractivity contribution is 9.10. The van der Waals surface area contributed by atoms with Crippen LogP contribution in [0.15, 0.2) is 117 Å². The van der Waals surface area contributed by atoms with E-state index in [1.807, 2.05) is 74.7 Å². The van der Waals surface area contributed by atoms with E-state index in [4.69, 9.17) is 4.74 Å². The normalized spacial score (nSPS) is 11.8. The fraction of sp³-hybridized carbons (Fsp3) is 0.278. The highest BCUT2D eigenvalue weighted by Crippen LogP contribution is 2.33. The maximum Gasteiger partial charge on any atom is 0.264 e. The lowest BCUT2D eigenvalue weighted by atomic mass is 10.0. The van der Waals surface area contributed by atoms with Crippen LogP contribution in [-0.4, -0.2) is 57.1 Å². The Bertz CT molecular complexity index is 1740. The largest absolute Gasteiger partial charge is 0.492 e. The first-order valence-corrected chi connectivity index (χ1v) is 18.9. The molecule has 8 nitrogen and oxygen atoms in total. The number of carbonyl (C=O) groups excluding carboxylic acids is 2. The topological polar surface area (TPSA) is 96.0 Å². The lowest BCUT2D eigenvalue weighted by Crippen LogP contribution is -2.53. The maximum absolute atomic E-state index is 14.7. The average molecular weight is 739 g/mol. The summed E-state index contributed by atoms with van der Waals surface area (Å²) in [6, 6.07) is 29.4. The number of ether oxygens (including phenoxy) is 1. The van der Waals surface area contributed by atoms with Crippen LogP contribution < -0.4 is 14.4 Å². The second-order valence-electron chi connectivity index (χ2n) is 10.7. The molecule has 0 aliphatic carbocycles. The molecule has 11 heteroatoms. The number of nitrogens with zero attached hydrogens (tertiary/aromatic N) is 2. The summed E-state index contributed by atoms with van der Waals surface area (Å²) in [4.78, 5) is 30.9. The number of hydrogen-bond donors (Lipinski definition) is 1. The minimum atomic E-state index is -4.26. The van der Waals surface area contributed by atoms with Crippen molar-refractivity contribution in [1.29, 1.82) is 0 Å². The molecule has 0 aliphatic heterocycles. The molecule has 0 heterocycles. The Morgan fingerprint density at radius 3 is 2.23 bits per heavy atom. The summed E-state index contributed by atoms with van der Waals surface area (Å²) in [5, 5.41) is 2.97. The number of anilines is 1. The van der Waals surface area contributed by atoms with Gasteiger partial charge in [-0.3, -0.25) is 13.9 Å². The zero-order chi connectivity index (χ0) is 33.8. The molecule has 4 rings (SSSR count). The first-order valence-electron chi connectivity index (χ1n) is 15.4. The van der Waals surface area contributed by atoms with Gasteiger partial charge in [-0.2, -0.15) is 0 Å². The summed E-state index contributed by atoms with van der Waals surface area (Å²) >= 11 is 5.01. The molecule has 47 heavy (non-hydrogen) atoms. The second kappa shape index (κ2) is 17.4. The monoisotopic (exact) mass is 737 g/mol. The van der Waals surface area contributed by atoms with E-state index in [0.29, 0.717) is 18.9 Å². The third-order valence-corrected chi connectivity index (χ3v) is 10.4. The van der Waals surface area contributed by atoms with Crippen LogP contribution in [-0.2, 0) is 32.6 Å². The number of thioether (sulfide) groups is 1. The molecule has 0 saturated heterocycles. The molecule has 1 atom stereocenters. The maximum atomic E-state index is 14.7. The Labute approximate surface area is 290 Å². The molecule has 0 saturated carbocycles. The van der Waals surface area contributed by atoms with Gasteiger partial charge in [0.15, 0.2) is 0 Å². The highest BCUT2D eigenvalue weighted by atomic mass is 79.9. The minimum Gasteiger partial charge on any atom is -0.492 e. The summed E-state index contributed by atoms with van der Waals surface area (Å²) in [7, 11) is -4.26. The molecule has 0 radical (unpaired) electrons. The number of sulfonamides is 1. The van der Waals surface area contributed by atoms with Crippen molar-refractivity contribution in [3.8, 4) is 5.75 Å². The van der Waals surface area contributed by atoms with Crippen LogP contribution in [0.2, 0.25) is 0 Å². The predicted molar refractivity (Wildman–Crippen MR) is 192 cm³/mol. The Kier molecular flexibility index (Phi) is 13.3. The van der Waals surface area contributed by atoms with Crippen LogP contribution in [0.1, 0.15) is 31.4 Å². The van der Waals surface area contributed by atoms with Gasteiger partial charge in [-0.25, -0.2) is 8.42 Å². The molecule has 0 bridgehead atoms. The van der Waals surface area contributed by atoms with Crippen molar-refractivity contribution in [1.82, 2.24) is 10.2 Å². The first kappa shape index (κ1) is 36.0. The molecule has 0 fully saturated rings. The van der Waals surface area contributed by atoms with E-state index in [0.717, 1.165) is 31.2 Å². The predicted octanol–water partition coefficient (Wildman–Crippen LogP) is 6.93. The number of halogens is 1. The van der Waals surface area contributed by atoms with E-state index in [1.165, 1.54) is 28.8 Å². The van der Waals surface area contributed by atoms with Crippen LogP contribution in [0.5, 0.6) is 5.75 Å². The Morgan fingerprint density at radius 1 is 0.894 bits per heavy atom. The molecule has 2 amide bonds. The van der Waals surface area contributed by atoms with E-state index in [-0.39, 0.29) is 29.5 Å². The van der Waals surface area contributed by atoms with Crippen molar-refractivity contribution in [2.24, 2.45) is 0 Å². The smallest absolute Gasteiger partial charge is 0.264 e. The van der Waals surface area contributed by atoms with Gasteiger partial charge in [0.2, 0.25) is 11.8 Å². The first-order chi connectivity index (χ1) is 22.7. The number of amides is 2. The van der Waals surface area contributed by atoms with Gasteiger partial charge in [-0.1, -0.05) is 77.5 Å². The lowest BCUT2D eigenvalue weighted by Gasteiger charge is -2.34. The van der Waals surface area contributed by atoms with Gasteiger partial charge in [0.25, 0.3) is 10.0 Å². The third-order valence-electron chi connectivity index (χ3n) is 7.42. The van der Waals surface area contributed by atoms with Gasteiger partial charge < -0.3 is 15.0 Å². The van der Waals surface area contributed by atoms with Crippen molar-refractivity contribution in [3.05, 3.63) is 119 Å². The van der Waals surface area contributed by atoms with Crippen LogP contribution in [0.4, 0.5) is 5.69 Å². The lowest BCUT2D eigenvalue weighted by molar-refractivity contribution is -0.140. The van der Waals surface area contributed by atoms with Crippen LogP contribution in [0.3, 0.4) is 0 Å². The molecular formula is C36H40BrN3O5S2. The van der Waals surface area contributed by atoms with Crippen LogP contribution in [0.25, 0.3) is 0 Å². The summed E-state index contributed by atoms with van der Waals surface area (Å²) in [5.41, 5.74) is 1.89. The van der Waals surface area contributed by atoms with Gasteiger partial charge in [0.1, 0.15) is 18.3 Å². The van der Waals surface area contributed by atoms with Crippen molar-refractivity contribution < 1.29 is 22.7 Å². The number of hydrogen-bond acceptors (Lipinski definition) is 6. The fourth-order valence-corrected chi connectivity index (χ4v) is 7.36. The average Bonchev–Trinajstić information content (AvgIpc) is 3.08. The second-order valence-corrected chi connectivity index (χ2v) is 14.4. The number of nitrogens with one attached hydrogen (secondary N) is 1. The van der Waals surface area contributed by atoms with E-state index in [1.54, 1.807) is 36.4 Å². The Morgan fingerprint density at radius 2 is 1.57 bits per heavy atom. The van der Waals surface area contributed by atoms with Gasteiger partial charge in [-0.15, -0.1) is 11.8 Å². The zero-order valence-electron chi connectivity index (χ0n) is 26.8. The van der Waals surface area contributed by atoms with E-state index in [2.05, 4.69) is 21.2 Å². The summed E-state index contributed by atoms with van der Waals surface area (Å²) in [6.45, 7) is 4.03.